The third-order valence-corrected chi connectivity index (χ3v) is 4.46. The highest BCUT2D eigenvalue weighted by Crippen LogP contribution is 2.36. The third kappa shape index (κ3) is 5.49. The van der Waals surface area contributed by atoms with Crippen LogP contribution < -0.4 is 10.6 Å². The second-order valence-electron chi connectivity index (χ2n) is 8.62. The maximum Gasteiger partial charge on any atom is 0.171 e. The number of thiocarbonyl (C=S) groups is 1. The quantitative estimate of drug-likeness (QED) is 0.696. The van der Waals surface area contributed by atoms with Gasteiger partial charge in [0.05, 0.1) is 0 Å². The van der Waals surface area contributed by atoms with E-state index in [1.54, 1.807) is 0 Å². The molecule has 0 fully saturated rings. The van der Waals surface area contributed by atoms with E-state index >= 15 is 0 Å². The molecular formula is C20H34N2S. The van der Waals surface area contributed by atoms with Crippen molar-refractivity contribution < 1.29 is 0 Å². The molecule has 1 unspecified atom stereocenters. The Balaban J connectivity index is 3.28. The first kappa shape index (κ1) is 20.0. The largest absolute Gasteiger partial charge is 0.360 e. The predicted octanol–water partition coefficient (Wildman–Crippen LogP) is 5.67. The van der Waals surface area contributed by atoms with Crippen LogP contribution in [-0.2, 0) is 10.8 Å². The lowest BCUT2D eigenvalue weighted by Crippen LogP contribution is -2.36. The van der Waals surface area contributed by atoms with Gasteiger partial charge in [-0.15, -0.1) is 0 Å². The van der Waals surface area contributed by atoms with Gasteiger partial charge in [-0.25, -0.2) is 0 Å². The lowest BCUT2D eigenvalue weighted by atomic mass is 9.78. The molecule has 1 aromatic carbocycles. The smallest absolute Gasteiger partial charge is 0.171 e. The van der Waals surface area contributed by atoms with Crippen LogP contribution in [0.2, 0.25) is 0 Å². The van der Waals surface area contributed by atoms with E-state index in [1.165, 1.54) is 16.7 Å². The maximum atomic E-state index is 5.50. The molecule has 0 aliphatic rings. The summed E-state index contributed by atoms with van der Waals surface area (Å²) in [5, 5.41) is 7.50. The normalized spacial score (nSPS) is 13.6. The molecule has 1 atom stereocenters. The second-order valence-corrected chi connectivity index (χ2v) is 9.03. The molecule has 23 heavy (non-hydrogen) atoms. The summed E-state index contributed by atoms with van der Waals surface area (Å²) in [4.78, 5) is 0. The van der Waals surface area contributed by atoms with E-state index in [0.717, 1.165) is 12.1 Å². The summed E-state index contributed by atoms with van der Waals surface area (Å²) in [5.74, 6) is 0. The summed E-state index contributed by atoms with van der Waals surface area (Å²) in [6.07, 6.45) is 1.05. The van der Waals surface area contributed by atoms with Crippen LogP contribution in [0.25, 0.3) is 0 Å². The van der Waals surface area contributed by atoms with Crippen molar-refractivity contribution >= 4 is 23.0 Å². The van der Waals surface area contributed by atoms with Gasteiger partial charge in [0.15, 0.2) is 5.11 Å². The molecule has 130 valence electrons. The lowest BCUT2D eigenvalue weighted by Gasteiger charge is -2.30. The summed E-state index contributed by atoms with van der Waals surface area (Å²) in [6, 6.07) is 4.99. The zero-order valence-corrected chi connectivity index (χ0v) is 17.2. The average molecular weight is 335 g/mol. The van der Waals surface area contributed by atoms with E-state index in [1.807, 2.05) is 0 Å². The molecule has 0 saturated carbocycles. The monoisotopic (exact) mass is 334 g/mol. The topological polar surface area (TPSA) is 24.1 Å². The number of rotatable bonds is 3. The molecule has 0 bridgehead atoms. The van der Waals surface area contributed by atoms with Crippen molar-refractivity contribution in [2.45, 2.75) is 85.6 Å². The maximum absolute atomic E-state index is 5.50. The van der Waals surface area contributed by atoms with Crippen molar-refractivity contribution in [3.8, 4) is 0 Å². The van der Waals surface area contributed by atoms with Gasteiger partial charge in [0.1, 0.15) is 0 Å². The number of hydrogen-bond acceptors (Lipinski definition) is 1. The Morgan fingerprint density at radius 3 is 2.09 bits per heavy atom. The summed E-state index contributed by atoms with van der Waals surface area (Å²) in [6.45, 7) is 20.0. The summed E-state index contributed by atoms with van der Waals surface area (Å²) in [5.41, 5.74) is 5.27. The molecule has 0 amide bonds. The van der Waals surface area contributed by atoms with Crippen molar-refractivity contribution in [1.82, 2.24) is 5.32 Å². The van der Waals surface area contributed by atoms with Crippen molar-refractivity contribution in [1.29, 1.82) is 0 Å². The number of anilines is 1. The minimum absolute atomic E-state index is 0.0559. The van der Waals surface area contributed by atoms with E-state index < -0.39 is 0 Å². The zero-order valence-electron chi connectivity index (χ0n) is 16.3. The molecule has 0 aromatic heterocycles. The summed E-state index contributed by atoms with van der Waals surface area (Å²) >= 11 is 5.50. The second kappa shape index (κ2) is 7.21. The Morgan fingerprint density at radius 2 is 1.65 bits per heavy atom. The minimum atomic E-state index is 0.0559. The van der Waals surface area contributed by atoms with Gasteiger partial charge in [-0.2, -0.15) is 0 Å². The first-order valence-electron chi connectivity index (χ1n) is 8.59. The molecule has 2 nitrogen and oxygen atoms in total. The summed E-state index contributed by atoms with van der Waals surface area (Å²) in [7, 11) is 0. The van der Waals surface area contributed by atoms with Crippen LogP contribution in [0.15, 0.2) is 12.1 Å². The number of nitrogens with one attached hydrogen (secondary N) is 2. The Labute approximate surface area is 148 Å². The highest BCUT2D eigenvalue weighted by molar-refractivity contribution is 7.80. The molecule has 0 spiro atoms. The molecule has 2 N–H and O–H groups in total. The van der Waals surface area contributed by atoms with Gasteiger partial charge >= 0.3 is 0 Å². The Kier molecular flexibility index (Phi) is 6.25. The van der Waals surface area contributed by atoms with Crippen LogP contribution in [0.5, 0.6) is 0 Å². The van der Waals surface area contributed by atoms with Crippen molar-refractivity contribution in [2.75, 3.05) is 5.32 Å². The van der Waals surface area contributed by atoms with E-state index in [2.05, 4.69) is 85.1 Å². The molecular weight excluding hydrogens is 300 g/mol. The SMILES string of the molecule is CCC(C)NC(=S)Nc1c(C)cc(C(C)(C)C)cc1C(C)(C)C. The first-order valence-corrected chi connectivity index (χ1v) is 9.00. The van der Waals surface area contributed by atoms with Gasteiger partial charge in [0.25, 0.3) is 0 Å². The van der Waals surface area contributed by atoms with Gasteiger partial charge in [0, 0.05) is 11.7 Å². The Hall–Kier alpha value is -1.09. The zero-order chi connectivity index (χ0) is 18.0. The van der Waals surface area contributed by atoms with Crippen molar-refractivity contribution in [3.63, 3.8) is 0 Å². The minimum Gasteiger partial charge on any atom is -0.360 e. The fraction of sp³-hybridized carbons (Fsp3) is 0.650. The summed E-state index contributed by atoms with van der Waals surface area (Å²) < 4.78 is 0. The van der Waals surface area contributed by atoms with E-state index in [4.69, 9.17) is 12.2 Å². The van der Waals surface area contributed by atoms with Gasteiger partial charge in [0.2, 0.25) is 0 Å². The lowest BCUT2D eigenvalue weighted by molar-refractivity contribution is 0.569. The molecule has 3 heteroatoms. The average Bonchev–Trinajstić information content (AvgIpc) is 2.37. The number of aryl methyl sites for hydroxylation is 1. The van der Waals surface area contributed by atoms with Crippen molar-refractivity contribution in [3.05, 3.63) is 28.8 Å². The van der Waals surface area contributed by atoms with Crippen LogP contribution >= 0.6 is 12.2 Å². The fourth-order valence-electron chi connectivity index (χ4n) is 2.45. The van der Waals surface area contributed by atoms with E-state index in [0.29, 0.717) is 11.2 Å². The van der Waals surface area contributed by atoms with Gasteiger partial charge < -0.3 is 10.6 Å². The van der Waals surface area contributed by atoms with Crippen LogP contribution in [0, 0.1) is 6.92 Å². The number of benzene rings is 1. The van der Waals surface area contributed by atoms with Gasteiger partial charge in [-0.05, 0) is 60.0 Å². The van der Waals surface area contributed by atoms with E-state index in [9.17, 15) is 0 Å². The van der Waals surface area contributed by atoms with E-state index in [-0.39, 0.29) is 10.8 Å². The van der Waals surface area contributed by atoms with Crippen molar-refractivity contribution in [2.24, 2.45) is 0 Å². The highest BCUT2D eigenvalue weighted by atomic mass is 32.1. The molecule has 0 aliphatic heterocycles. The van der Waals surface area contributed by atoms with Crippen LogP contribution in [-0.4, -0.2) is 11.2 Å². The standard InChI is InChI=1S/C20H34N2S/c1-10-14(3)21-18(23)22-17-13(2)11-15(19(4,5)6)12-16(17)20(7,8)9/h11-12,14H,10H2,1-9H3,(H2,21,22,23). The highest BCUT2D eigenvalue weighted by Gasteiger charge is 2.24. The van der Waals surface area contributed by atoms with Gasteiger partial charge in [-0.1, -0.05) is 60.6 Å². The van der Waals surface area contributed by atoms with Crippen LogP contribution in [0.4, 0.5) is 5.69 Å². The molecule has 0 heterocycles. The molecule has 0 aliphatic carbocycles. The van der Waals surface area contributed by atoms with Crippen LogP contribution in [0.3, 0.4) is 0 Å². The first-order chi connectivity index (χ1) is 10.4. The molecule has 0 radical (unpaired) electrons. The Bertz CT molecular complexity index is 562. The molecule has 1 rings (SSSR count). The fourth-order valence-corrected chi connectivity index (χ4v) is 2.76. The molecule has 1 aromatic rings. The van der Waals surface area contributed by atoms with Gasteiger partial charge in [-0.3, -0.25) is 0 Å². The molecule has 0 saturated heterocycles. The Morgan fingerprint density at radius 1 is 1.09 bits per heavy atom. The number of hydrogen-bond donors (Lipinski definition) is 2. The predicted molar refractivity (Wildman–Crippen MR) is 108 cm³/mol. The van der Waals surface area contributed by atoms with Crippen LogP contribution in [0.1, 0.15) is 78.5 Å². The third-order valence-electron chi connectivity index (χ3n) is 4.24.